The fourth-order valence-electron chi connectivity index (χ4n) is 5.31. The summed E-state index contributed by atoms with van der Waals surface area (Å²) >= 11 is 1.08. The van der Waals surface area contributed by atoms with Gasteiger partial charge in [0.2, 0.25) is 0 Å². The van der Waals surface area contributed by atoms with E-state index < -0.39 is 17.9 Å². The third-order valence-electron chi connectivity index (χ3n) is 7.26. The van der Waals surface area contributed by atoms with Gasteiger partial charge in [0, 0.05) is 0 Å². The van der Waals surface area contributed by atoms with Gasteiger partial charge in [0.25, 0.3) is 5.91 Å². The van der Waals surface area contributed by atoms with Gasteiger partial charge in [-0.1, -0.05) is 43.7 Å². The SMILES string of the molecule is COC(=O)c1sc(N2C(=O)C3=C(C(=O)C4CCCCC4O3)C2c2cccc(OCCC(C)C)c2)nc1C. The summed E-state index contributed by atoms with van der Waals surface area (Å²) in [4.78, 5) is 46.4. The van der Waals surface area contributed by atoms with Gasteiger partial charge in [-0.15, -0.1) is 0 Å². The van der Waals surface area contributed by atoms with E-state index in [9.17, 15) is 14.4 Å². The van der Waals surface area contributed by atoms with E-state index in [0.717, 1.165) is 49.0 Å². The molecule has 1 aromatic carbocycles. The maximum atomic E-state index is 13.9. The van der Waals surface area contributed by atoms with Gasteiger partial charge in [0.1, 0.15) is 16.7 Å². The molecule has 1 amide bonds. The Morgan fingerprint density at radius 1 is 1.24 bits per heavy atom. The molecule has 1 saturated carbocycles. The highest BCUT2D eigenvalue weighted by Gasteiger charge is 2.53. The summed E-state index contributed by atoms with van der Waals surface area (Å²) in [6.07, 6.45) is 4.09. The van der Waals surface area contributed by atoms with Gasteiger partial charge < -0.3 is 14.2 Å². The molecule has 0 radical (unpaired) electrons. The molecule has 1 aliphatic carbocycles. The highest BCUT2D eigenvalue weighted by molar-refractivity contribution is 7.17. The number of anilines is 1. The predicted octanol–water partition coefficient (Wildman–Crippen LogP) is 5.16. The monoisotopic (exact) mass is 524 g/mol. The number of ketones is 1. The van der Waals surface area contributed by atoms with Crippen LogP contribution in [0, 0.1) is 18.8 Å². The van der Waals surface area contributed by atoms with Crippen LogP contribution in [0.5, 0.6) is 5.75 Å². The van der Waals surface area contributed by atoms with Crippen LogP contribution in [0.4, 0.5) is 5.13 Å². The molecule has 5 rings (SSSR count). The van der Waals surface area contributed by atoms with Crippen molar-refractivity contribution in [3.05, 3.63) is 51.7 Å². The van der Waals surface area contributed by atoms with Crippen molar-refractivity contribution in [1.82, 2.24) is 4.98 Å². The minimum atomic E-state index is -0.720. The van der Waals surface area contributed by atoms with E-state index in [1.165, 1.54) is 12.0 Å². The topological polar surface area (TPSA) is 95.0 Å². The Hall–Kier alpha value is -3.20. The summed E-state index contributed by atoms with van der Waals surface area (Å²) in [6.45, 7) is 6.56. The molecule has 8 nitrogen and oxygen atoms in total. The average Bonchev–Trinajstić information content (AvgIpc) is 3.41. The first-order valence-corrected chi connectivity index (χ1v) is 13.7. The largest absolute Gasteiger partial charge is 0.494 e. The molecule has 3 aliphatic rings. The van der Waals surface area contributed by atoms with E-state index in [4.69, 9.17) is 14.2 Å². The number of methoxy groups -OCH3 is 1. The predicted molar refractivity (Wildman–Crippen MR) is 139 cm³/mol. The zero-order chi connectivity index (χ0) is 26.3. The molecule has 37 heavy (non-hydrogen) atoms. The number of aryl methyl sites for hydroxylation is 1. The minimum Gasteiger partial charge on any atom is -0.494 e. The Bertz CT molecular complexity index is 1270. The first kappa shape index (κ1) is 25.4. The molecule has 0 N–H and O–H groups in total. The van der Waals surface area contributed by atoms with Gasteiger partial charge >= 0.3 is 5.97 Å². The quantitative estimate of drug-likeness (QED) is 0.462. The number of rotatable bonds is 7. The second-order valence-electron chi connectivity index (χ2n) is 10.2. The van der Waals surface area contributed by atoms with Crippen LogP contribution in [0.2, 0.25) is 0 Å². The van der Waals surface area contributed by atoms with Crippen LogP contribution in [-0.4, -0.2) is 42.5 Å². The number of fused-ring (bicyclic) bond motifs is 1. The molecule has 3 unspecified atom stereocenters. The molecule has 196 valence electrons. The number of Topliss-reactive ketones (excluding diaryl/α,β-unsaturated/α-hetero) is 1. The number of ether oxygens (including phenoxy) is 3. The fraction of sp³-hybridized carbons (Fsp3) is 0.500. The zero-order valence-corrected chi connectivity index (χ0v) is 22.4. The maximum Gasteiger partial charge on any atom is 0.350 e. The van der Waals surface area contributed by atoms with Crippen molar-refractivity contribution in [2.45, 2.75) is 65.0 Å². The lowest BCUT2D eigenvalue weighted by atomic mass is 9.77. The number of carbonyl (C=O) groups is 3. The smallest absolute Gasteiger partial charge is 0.350 e. The Kier molecular flexibility index (Phi) is 7.07. The molecule has 2 aliphatic heterocycles. The van der Waals surface area contributed by atoms with E-state index >= 15 is 0 Å². The van der Waals surface area contributed by atoms with E-state index in [1.807, 2.05) is 24.3 Å². The van der Waals surface area contributed by atoms with Gasteiger partial charge in [-0.3, -0.25) is 14.5 Å². The number of aromatic nitrogens is 1. The summed E-state index contributed by atoms with van der Waals surface area (Å²) in [5, 5.41) is 0.327. The molecule has 0 saturated heterocycles. The highest BCUT2D eigenvalue weighted by atomic mass is 32.1. The van der Waals surface area contributed by atoms with Crippen LogP contribution >= 0.6 is 11.3 Å². The second kappa shape index (κ2) is 10.3. The molecule has 2 aromatic rings. The van der Waals surface area contributed by atoms with Crippen molar-refractivity contribution in [1.29, 1.82) is 0 Å². The molecule has 0 bridgehead atoms. The van der Waals surface area contributed by atoms with Crippen LogP contribution in [-0.2, 0) is 19.1 Å². The second-order valence-corrected chi connectivity index (χ2v) is 11.2. The molecule has 1 aromatic heterocycles. The molecule has 3 atom stereocenters. The van der Waals surface area contributed by atoms with Crippen LogP contribution < -0.4 is 9.64 Å². The summed E-state index contributed by atoms with van der Waals surface area (Å²) in [5.74, 6) is 0.0871. The number of hydrogen-bond acceptors (Lipinski definition) is 8. The third kappa shape index (κ3) is 4.65. The molecular weight excluding hydrogens is 492 g/mol. The van der Waals surface area contributed by atoms with Gasteiger partial charge in [-0.05, 0) is 56.2 Å². The summed E-state index contributed by atoms with van der Waals surface area (Å²) in [7, 11) is 1.31. The molecule has 3 heterocycles. The average molecular weight is 525 g/mol. The number of carbonyl (C=O) groups excluding carboxylic acids is 3. The van der Waals surface area contributed by atoms with Crippen molar-refractivity contribution in [3.8, 4) is 5.75 Å². The summed E-state index contributed by atoms with van der Waals surface area (Å²) in [6, 6.07) is 6.79. The lowest BCUT2D eigenvalue weighted by Gasteiger charge is -2.35. The molecular formula is C28H32N2O6S. The van der Waals surface area contributed by atoms with Crippen LogP contribution in [0.15, 0.2) is 35.6 Å². The number of amides is 1. The van der Waals surface area contributed by atoms with Crippen LogP contribution in [0.1, 0.15) is 72.9 Å². The molecule has 9 heteroatoms. The number of esters is 1. The Morgan fingerprint density at radius 3 is 2.78 bits per heavy atom. The van der Waals surface area contributed by atoms with Crippen molar-refractivity contribution in [2.24, 2.45) is 11.8 Å². The van der Waals surface area contributed by atoms with Crippen molar-refractivity contribution < 1.29 is 28.6 Å². The van der Waals surface area contributed by atoms with Crippen molar-refractivity contribution in [2.75, 3.05) is 18.6 Å². The van der Waals surface area contributed by atoms with Gasteiger partial charge in [0.05, 0.1) is 36.9 Å². The number of hydrogen-bond donors (Lipinski definition) is 0. The first-order chi connectivity index (χ1) is 17.8. The van der Waals surface area contributed by atoms with E-state index in [2.05, 4.69) is 18.8 Å². The van der Waals surface area contributed by atoms with E-state index in [1.54, 1.807) is 6.92 Å². The Balaban J connectivity index is 1.58. The number of nitrogens with zero attached hydrogens (tertiary/aromatic N) is 2. The lowest BCUT2D eigenvalue weighted by Crippen LogP contribution is -2.39. The standard InChI is InChI=1S/C28H32N2O6S/c1-15(2)12-13-35-18-9-7-8-17(14-18)22-21-23(31)19-10-5-6-11-20(19)36-24(21)26(32)30(22)28-29-16(3)25(37-28)27(33)34-4/h7-9,14-15,19-20,22H,5-6,10-13H2,1-4H3. The maximum absolute atomic E-state index is 13.9. The zero-order valence-electron chi connectivity index (χ0n) is 21.6. The number of thiazole rings is 1. The van der Waals surface area contributed by atoms with Gasteiger partial charge in [-0.25, -0.2) is 9.78 Å². The van der Waals surface area contributed by atoms with Gasteiger partial charge in [0.15, 0.2) is 16.7 Å². The summed E-state index contributed by atoms with van der Waals surface area (Å²) < 4.78 is 17.1. The summed E-state index contributed by atoms with van der Waals surface area (Å²) in [5.41, 5.74) is 1.58. The first-order valence-electron chi connectivity index (χ1n) is 12.9. The Morgan fingerprint density at radius 2 is 2.03 bits per heavy atom. The molecule has 1 fully saturated rings. The number of benzene rings is 1. The normalized spacial score (nSPS) is 23.2. The Labute approximate surface area is 220 Å². The van der Waals surface area contributed by atoms with Crippen molar-refractivity contribution >= 4 is 34.1 Å². The van der Waals surface area contributed by atoms with E-state index in [-0.39, 0.29) is 23.6 Å². The lowest BCUT2D eigenvalue weighted by molar-refractivity contribution is -0.131. The third-order valence-corrected chi connectivity index (χ3v) is 8.40. The van der Waals surface area contributed by atoms with Crippen molar-refractivity contribution in [3.63, 3.8) is 0 Å². The minimum absolute atomic E-state index is 0.0283. The van der Waals surface area contributed by atoms with Crippen LogP contribution in [0.25, 0.3) is 0 Å². The van der Waals surface area contributed by atoms with Crippen LogP contribution in [0.3, 0.4) is 0 Å². The van der Waals surface area contributed by atoms with Gasteiger partial charge in [-0.2, -0.15) is 0 Å². The van der Waals surface area contributed by atoms with E-state index in [0.29, 0.717) is 39.6 Å². The fourth-order valence-corrected chi connectivity index (χ4v) is 6.32. The highest BCUT2D eigenvalue weighted by Crippen LogP contribution is 2.49. The molecule has 0 spiro atoms.